The number of carbonyl (C=O) groups is 1. The predicted octanol–water partition coefficient (Wildman–Crippen LogP) is -0.762. The molecule has 0 aliphatic rings. The molecule has 1 aromatic heterocycles. The van der Waals surface area contributed by atoms with Crippen molar-refractivity contribution in [3.05, 3.63) is 28.7 Å². The molecule has 0 saturated carbocycles. The summed E-state index contributed by atoms with van der Waals surface area (Å²) in [5.74, 6) is -0.353. The molecule has 4 N–H and O–H groups in total. The van der Waals surface area contributed by atoms with Gasteiger partial charge in [-0.2, -0.15) is 0 Å². The summed E-state index contributed by atoms with van der Waals surface area (Å²) in [6, 6.07) is 3.03. The molecule has 1 heterocycles. The number of amides is 1. The second-order valence-electron chi connectivity index (χ2n) is 4.05. The van der Waals surface area contributed by atoms with Gasteiger partial charge in [0.15, 0.2) is 0 Å². The number of rotatable bonds is 6. The molecule has 0 spiro atoms. The van der Waals surface area contributed by atoms with Crippen molar-refractivity contribution in [3.8, 4) is 0 Å². The van der Waals surface area contributed by atoms with Crippen LogP contribution in [0.2, 0.25) is 0 Å². The molecule has 1 rings (SSSR count). The van der Waals surface area contributed by atoms with Crippen LogP contribution in [0.3, 0.4) is 0 Å². The maximum Gasteiger partial charge on any atom is 0.250 e. The van der Waals surface area contributed by atoms with Crippen LogP contribution in [0.1, 0.15) is 6.42 Å². The number of anilines is 1. The van der Waals surface area contributed by atoms with Crippen molar-refractivity contribution >= 4 is 11.6 Å². The Morgan fingerprint density at radius 1 is 1.47 bits per heavy atom. The molecular formula is C11H18N4O2. The summed E-state index contributed by atoms with van der Waals surface area (Å²) in [4.78, 5) is 23.9. The Hall–Kier alpha value is -1.82. The molecular weight excluding hydrogens is 220 g/mol. The first-order valence-corrected chi connectivity index (χ1v) is 5.42. The Morgan fingerprint density at radius 3 is 2.82 bits per heavy atom. The van der Waals surface area contributed by atoms with E-state index >= 15 is 0 Å². The van der Waals surface area contributed by atoms with E-state index in [1.54, 1.807) is 16.8 Å². The van der Waals surface area contributed by atoms with Crippen molar-refractivity contribution in [2.24, 2.45) is 5.73 Å². The molecule has 6 nitrogen and oxygen atoms in total. The number of pyridine rings is 1. The first kappa shape index (κ1) is 13.2. The molecule has 0 bridgehead atoms. The number of carbonyl (C=O) groups excluding carboxylic acids is 1. The van der Waals surface area contributed by atoms with Gasteiger partial charge in [-0.1, -0.05) is 0 Å². The van der Waals surface area contributed by atoms with Gasteiger partial charge >= 0.3 is 0 Å². The van der Waals surface area contributed by atoms with Crippen molar-refractivity contribution in [1.29, 1.82) is 0 Å². The summed E-state index contributed by atoms with van der Waals surface area (Å²) < 4.78 is 1.56. The first-order valence-electron chi connectivity index (χ1n) is 5.42. The summed E-state index contributed by atoms with van der Waals surface area (Å²) in [6.07, 6.45) is 2.38. The maximum absolute atomic E-state index is 11.4. The lowest BCUT2D eigenvalue weighted by atomic mass is 10.3. The highest BCUT2D eigenvalue weighted by Gasteiger charge is 2.02. The summed E-state index contributed by atoms with van der Waals surface area (Å²) >= 11 is 0. The largest absolute Gasteiger partial charge is 0.398 e. The van der Waals surface area contributed by atoms with E-state index in [0.29, 0.717) is 18.8 Å². The number of hydrogen-bond donors (Lipinski definition) is 2. The van der Waals surface area contributed by atoms with Crippen LogP contribution in [0.4, 0.5) is 5.69 Å². The second-order valence-corrected chi connectivity index (χ2v) is 4.05. The fraction of sp³-hybridized carbons (Fsp3) is 0.455. The molecule has 0 radical (unpaired) electrons. The molecule has 0 aliphatic heterocycles. The average Bonchev–Trinajstić information content (AvgIpc) is 2.22. The van der Waals surface area contributed by atoms with Gasteiger partial charge in [0.05, 0.1) is 6.54 Å². The molecule has 94 valence electrons. The highest BCUT2D eigenvalue weighted by molar-refractivity contribution is 5.75. The van der Waals surface area contributed by atoms with Crippen LogP contribution in [0.25, 0.3) is 0 Å². The molecule has 0 atom stereocenters. The summed E-state index contributed by atoms with van der Waals surface area (Å²) in [5.41, 5.74) is 11.2. The third-order valence-corrected chi connectivity index (χ3v) is 2.37. The fourth-order valence-electron chi connectivity index (χ4n) is 1.58. The van der Waals surface area contributed by atoms with Crippen LogP contribution < -0.4 is 17.0 Å². The Labute approximate surface area is 99.8 Å². The monoisotopic (exact) mass is 238 g/mol. The quantitative estimate of drug-likeness (QED) is 0.681. The number of primary amides is 1. The summed E-state index contributed by atoms with van der Waals surface area (Å²) in [7, 11) is 1.81. The van der Waals surface area contributed by atoms with Crippen molar-refractivity contribution in [1.82, 2.24) is 9.47 Å². The van der Waals surface area contributed by atoms with Crippen molar-refractivity contribution in [2.75, 3.05) is 25.9 Å². The maximum atomic E-state index is 11.4. The van der Waals surface area contributed by atoms with Gasteiger partial charge in [0.25, 0.3) is 5.56 Å². The number of nitrogens with two attached hydrogens (primary N) is 2. The van der Waals surface area contributed by atoms with Crippen molar-refractivity contribution in [3.63, 3.8) is 0 Å². The van der Waals surface area contributed by atoms with Gasteiger partial charge < -0.3 is 16.0 Å². The summed E-state index contributed by atoms with van der Waals surface area (Å²) in [5, 5.41) is 0. The van der Waals surface area contributed by atoms with Crippen LogP contribution in [0.15, 0.2) is 23.1 Å². The van der Waals surface area contributed by atoms with Gasteiger partial charge in [0, 0.05) is 31.0 Å². The topological polar surface area (TPSA) is 94.3 Å². The normalized spacial score (nSPS) is 10.7. The average molecular weight is 238 g/mol. The minimum atomic E-state index is -0.353. The van der Waals surface area contributed by atoms with Gasteiger partial charge in [-0.25, -0.2) is 0 Å². The second kappa shape index (κ2) is 6.05. The highest BCUT2D eigenvalue weighted by Crippen LogP contribution is 1.97. The lowest BCUT2D eigenvalue weighted by molar-refractivity contribution is -0.118. The zero-order valence-electron chi connectivity index (χ0n) is 9.93. The molecule has 0 fully saturated rings. The number of hydrogen-bond acceptors (Lipinski definition) is 4. The predicted molar refractivity (Wildman–Crippen MR) is 66.4 cm³/mol. The lowest BCUT2D eigenvalue weighted by Gasteiger charge is -2.14. The van der Waals surface area contributed by atoms with E-state index in [2.05, 4.69) is 0 Å². The molecule has 1 aromatic rings. The lowest BCUT2D eigenvalue weighted by Crippen LogP contribution is -2.32. The van der Waals surface area contributed by atoms with E-state index in [-0.39, 0.29) is 18.0 Å². The first-order chi connectivity index (χ1) is 7.99. The third kappa shape index (κ3) is 4.69. The van der Waals surface area contributed by atoms with E-state index in [4.69, 9.17) is 11.5 Å². The molecule has 0 unspecified atom stereocenters. The zero-order valence-corrected chi connectivity index (χ0v) is 9.93. The molecule has 0 saturated heterocycles. The Bertz CT molecular complexity index is 441. The molecule has 6 heteroatoms. The van der Waals surface area contributed by atoms with E-state index < -0.39 is 0 Å². The molecule has 17 heavy (non-hydrogen) atoms. The number of likely N-dealkylation sites (N-methyl/N-ethyl adjacent to an activating group) is 1. The van der Waals surface area contributed by atoms with Gasteiger partial charge in [-0.3, -0.25) is 14.5 Å². The SMILES string of the molecule is CN(CCCn1cc(N)ccc1=O)CC(N)=O. The van der Waals surface area contributed by atoms with Gasteiger partial charge in [-0.15, -0.1) is 0 Å². The Balaban J connectivity index is 2.43. The Morgan fingerprint density at radius 2 is 2.18 bits per heavy atom. The van der Waals surface area contributed by atoms with Crippen LogP contribution >= 0.6 is 0 Å². The van der Waals surface area contributed by atoms with Crippen molar-refractivity contribution in [2.45, 2.75) is 13.0 Å². The van der Waals surface area contributed by atoms with Gasteiger partial charge in [0.1, 0.15) is 0 Å². The van der Waals surface area contributed by atoms with Crippen LogP contribution in [-0.2, 0) is 11.3 Å². The number of nitrogens with zero attached hydrogens (tertiary/aromatic N) is 2. The Kier molecular flexibility index (Phi) is 4.71. The minimum Gasteiger partial charge on any atom is -0.398 e. The molecule has 1 amide bonds. The van der Waals surface area contributed by atoms with E-state index in [0.717, 1.165) is 6.42 Å². The number of aromatic nitrogens is 1. The van der Waals surface area contributed by atoms with Crippen LogP contribution in [0.5, 0.6) is 0 Å². The van der Waals surface area contributed by atoms with Crippen molar-refractivity contribution < 1.29 is 4.79 Å². The van der Waals surface area contributed by atoms with Crippen LogP contribution in [0, 0.1) is 0 Å². The summed E-state index contributed by atoms with van der Waals surface area (Å²) in [6.45, 7) is 1.50. The van der Waals surface area contributed by atoms with Gasteiger partial charge in [-0.05, 0) is 19.5 Å². The standard InChI is InChI=1S/C11H18N4O2/c1-14(8-10(13)16)5-2-6-15-7-9(12)3-4-11(15)17/h3-4,7H,2,5-6,8,12H2,1H3,(H2,13,16). The number of nitrogen functional groups attached to an aromatic ring is 1. The van der Waals surface area contributed by atoms with E-state index in [9.17, 15) is 9.59 Å². The fourth-order valence-corrected chi connectivity index (χ4v) is 1.58. The van der Waals surface area contributed by atoms with E-state index in [1.807, 2.05) is 11.9 Å². The number of aryl methyl sites for hydroxylation is 1. The highest BCUT2D eigenvalue weighted by atomic mass is 16.1. The third-order valence-electron chi connectivity index (χ3n) is 2.37. The smallest absolute Gasteiger partial charge is 0.250 e. The zero-order chi connectivity index (χ0) is 12.8. The molecule has 0 aliphatic carbocycles. The molecule has 0 aromatic carbocycles. The van der Waals surface area contributed by atoms with Crippen LogP contribution in [-0.4, -0.2) is 35.5 Å². The minimum absolute atomic E-state index is 0.0724. The van der Waals surface area contributed by atoms with Gasteiger partial charge in [0.2, 0.25) is 5.91 Å². The van der Waals surface area contributed by atoms with E-state index in [1.165, 1.54) is 6.07 Å².